The quantitative estimate of drug-likeness (QED) is 0.749. The molecule has 15 heavy (non-hydrogen) atoms. The highest BCUT2D eigenvalue weighted by Gasteiger charge is 2.24. The third-order valence-corrected chi connectivity index (χ3v) is 2.00. The summed E-state index contributed by atoms with van der Waals surface area (Å²) in [5, 5.41) is 17.4. The van der Waals surface area contributed by atoms with E-state index in [-0.39, 0.29) is 0 Å². The van der Waals surface area contributed by atoms with Crippen LogP contribution in [0, 0.1) is 17.5 Å². The van der Waals surface area contributed by atoms with Gasteiger partial charge in [0.2, 0.25) is 5.82 Å². The van der Waals surface area contributed by atoms with Crippen LogP contribution in [-0.4, -0.2) is 16.2 Å². The number of benzene rings is 1. The molecule has 0 heterocycles. The molecule has 0 saturated carbocycles. The van der Waals surface area contributed by atoms with Crippen LogP contribution in [0.25, 0.3) is 0 Å². The Morgan fingerprint density at radius 1 is 1.33 bits per heavy atom. The zero-order valence-electron chi connectivity index (χ0n) is 7.59. The van der Waals surface area contributed by atoms with E-state index in [0.717, 1.165) is 6.92 Å². The Balaban J connectivity index is 3.38. The van der Waals surface area contributed by atoms with Crippen LogP contribution in [-0.2, 0) is 4.79 Å². The van der Waals surface area contributed by atoms with Crippen molar-refractivity contribution in [3.05, 3.63) is 29.1 Å². The Kier molecular flexibility index (Phi) is 2.88. The summed E-state index contributed by atoms with van der Waals surface area (Å²) in [5.74, 6) is -8.95. The highest BCUT2D eigenvalue weighted by Crippen LogP contribution is 2.30. The number of aliphatic carboxylic acids is 1. The molecule has 82 valence electrons. The van der Waals surface area contributed by atoms with Gasteiger partial charge < -0.3 is 10.2 Å². The second kappa shape index (κ2) is 3.80. The summed E-state index contributed by atoms with van der Waals surface area (Å²) in [7, 11) is 0. The largest absolute Gasteiger partial charge is 0.503 e. The molecule has 1 aromatic rings. The fourth-order valence-electron chi connectivity index (χ4n) is 1.06. The number of phenolic OH excluding ortho intramolecular Hbond substituents is 1. The van der Waals surface area contributed by atoms with Crippen LogP contribution in [0.4, 0.5) is 13.2 Å². The number of hydrogen-bond donors (Lipinski definition) is 2. The van der Waals surface area contributed by atoms with E-state index < -0.39 is 40.7 Å². The first-order valence-corrected chi connectivity index (χ1v) is 3.95. The molecule has 1 unspecified atom stereocenters. The van der Waals surface area contributed by atoms with E-state index in [4.69, 9.17) is 10.2 Å². The lowest BCUT2D eigenvalue weighted by Gasteiger charge is -2.09. The first kappa shape index (κ1) is 11.4. The normalized spacial score (nSPS) is 12.5. The van der Waals surface area contributed by atoms with Crippen LogP contribution in [0.15, 0.2) is 6.07 Å². The first-order chi connectivity index (χ1) is 6.86. The molecule has 1 aromatic carbocycles. The Bertz CT molecular complexity index is 418. The van der Waals surface area contributed by atoms with Crippen molar-refractivity contribution in [1.82, 2.24) is 0 Å². The Hall–Kier alpha value is -1.72. The predicted molar refractivity (Wildman–Crippen MR) is 44.0 cm³/mol. The van der Waals surface area contributed by atoms with Crippen molar-refractivity contribution in [3.63, 3.8) is 0 Å². The molecular formula is C9H7F3O3. The number of carboxylic acids is 1. The third-order valence-electron chi connectivity index (χ3n) is 2.00. The van der Waals surface area contributed by atoms with E-state index in [0.29, 0.717) is 6.07 Å². The monoisotopic (exact) mass is 220 g/mol. The van der Waals surface area contributed by atoms with Crippen LogP contribution in [0.5, 0.6) is 5.75 Å². The maximum absolute atomic E-state index is 13.1. The predicted octanol–water partition coefficient (Wildman–Crippen LogP) is 2.00. The number of hydrogen-bond acceptors (Lipinski definition) is 2. The Morgan fingerprint density at radius 2 is 1.87 bits per heavy atom. The zero-order valence-corrected chi connectivity index (χ0v) is 7.59. The molecule has 0 aliphatic rings. The average molecular weight is 220 g/mol. The number of carboxylic acid groups (broad SMARTS) is 1. The Labute approximate surface area is 82.8 Å². The van der Waals surface area contributed by atoms with Crippen molar-refractivity contribution < 1.29 is 28.2 Å². The standard InChI is InChI=1S/C9H7F3O3/c1-3(9(14)15)4-2-5(10)7(12)8(13)6(4)11/h2-3,13H,1H3,(H,14,15). The van der Waals surface area contributed by atoms with Crippen LogP contribution < -0.4 is 0 Å². The van der Waals surface area contributed by atoms with Crippen molar-refractivity contribution >= 4 is 5.97 Å². The van der Waals surface area contributed by atoms with Crippen LogP contribution >= 0.6 is 0 Å². The summed E-state index contributed by atoms with van der Waals surface area (Å²) in [4.78, 5) is 10.5. The van der Waals surface area contributed by atoms with Gasteiger partial charge in [0.05, 0.1) is 5.92 Å². The zero-order chi connectivity index (χ0) is 11.7. The van der Waals surface area contributed by atoms with Crippen molar-refractivity contribution in [1.29, 1.82) is 0 Å². The molecule has 1 rings (SSSR count). The summed E-state index contributed by atoms with van der Waals surface area (Å²) in [6, 6.07) is 0.420. The average Bonchev–Trinajstić information content (AvgIpc) is 2.19. The van der Waals surface area contributed by atoms with Gasteiger partial charge in [-0.25, -0.2) is 8.78 Å². The SMILES string of the molecule is CC(C(=O)O)c1cc(F)c(F)c(O)c1F. The molecule has 6 heteroatoms. The van der Waals surface area contributed by atoms with Gasteiger partial charge in [0, 0.05) is 5.56 Å². The van der Waals surface area contributed by atoms with E-state index >= 15 is 0 Å². The molecule has 0 aromatic heterocycles. The molecule has 3 nitrogen and oxygen atoms in total. The molecule has 0 aliphatic carbocycles. The number of rotatable bonds is 2. The molecular weight excluding hydrogens is 213 g/mol. The van der Waals surface area contributed by atoms with Gasteiger partial charge in [-0.1, -0.05) is 0 Å². The highest BCUT2D eigenvalue weighted by molar-refractivity contribution is 5.75. The van der Waals surface area contributed by atoms with E-state index in [1.807, 2.05) is 0 Å². The van der Waals surface area contributed by atoms with E-state index in [1.165, 1.54) is 0 Å². The highest BCUT2D eigenvalue weighted by atomic mass is 19.2. The van der Waals surface area contributed by atoms with E-state index in [1.54, 1.807) is 0 Å². The fourth-order valence-corrected chi connectivity index (χ4v) is 1.06. The molecule has 0 aliphatic heterocycles. The van der Waals surface area contributed by atoms with Gasteiger partial charge in [-0.05, 0) is 13.0 Å². The number of phenols is 1. The number of halogens is 3. The van der Waals surface area contributed by atoms with Gasteiger partial charge in [-0.2, -0.15) is 4.39 Å². The van der Waals surface area contributed by atoms with Crippen molar-refractivity contribution in [2.45, 2.75) is 12.8 Å². The molecule has 1 atom stereocenters. The minimum absolute atomic E-state index is 0.420. The number of carbonyl (C=O) groups is 1. The summed E-state index contributed by atoms with van der Waals surface area (Å²) in [6.45, 7) is 1.09. The lowest BCUT2D eigenvalue weighted by molar-refractivity contribution is -0.138. The molecule has 0 bridgehead atoms. The summed E-state index contributed by atoms with van der Waals surface area (Å²) in [5.41, 5.74) is -0.598. The lowest BCUT2D eigenvalue weighted by atomic mass is 10.00. The molecule has 0 radical (unpaired) electrons. The molecule has 0 fully saturated rings. The van der Waals surface area contributed by atoms with Gasteiger partial charge in [0.1, 0.15) is 0 Å². The summed E-state index contributed by atoms with van der Waals surface area (Å²) >= 11 is 0. The van der Waals surface area contributed by atoms with Gasteiger partial charge in [-0.3, -0.25) is 4.79 Å². The number of aromatic hydroxyl groups is 1. The molecule has 2 N–H and O–H groups in total. The van der Waals surface area contributed by atoms with Gasteiger partial charge in [0.15, 0.2) is 17.4 Å². The lowest BCUT2D eigenvalue weighted by Crippen LogP contribution is -2.10. The van der Waals surface area contributed by atoms with Crippen LogP contribution in [0.2, 0.25) is 0 Å². The van der Waals surface area contributed by atoms with Crippen molar-refractivity contribution in [2.75, 3.05) is 0 Å². The maximum atomic E-state index is 13.1. The fraction of sp³-hybridized carbons (Fsp3) is 0.222. The van der Waals surface area contributed by atoms with Gasteiger partial charge in [-0.15, -0.1) is 0 Å². The molecule has 0 amide bonds. The molecule has 0 saturated heterocycles. The third kappa shape index (κ3) is 1.88. The summed E-state index contributed by atoms with van der Waals surface area (Å²) < 4.78 is 38.5. The maximum Gasteiger partial charge on any atom is 0.310 e. The van der Waals surface area contributed by atoms with Crippen molar-refractivity contribution in [2.24, 2.45) is 0 Å². The Morgan fingerprint density at radius 3 is 2.33 bits per heavy atom. The molecule has 0 spiro atoms. The minimum atomic E-state index is -1.73. The minimum Gasteiger partial charge on any atom is -0.503 e. The van der Waals surface area contributed by atoms with Crippen LogP contribution in [0.3, 0.4) is 0 Å². The van der Waals surface area contributed by atoms with Gasteiger partial charge in [0.25, 0.3) is 0 Å². The topological polar surface area (TPSA) is 57.5 Å². The van der Waals surface area contributed by atoms with E-state index in [2.05, 4.69) is 0 Å². The smallest absolute Gasteiger partial charge is 0.310 e. The summed E-state index contributed by atoms with van der Waals surface area (Å²) in [6.07, 6.45) is 0. The van der Waals surface area contributed by atoms with Gasteiger partial charge >= 0.3 is 5.97 Å². The van der Waals surface area contributed by atoms with Crippen LogP contribution in [0.1, 0.15) is 18.4 Å². The van der Waals surface area contributed by atoms with Crippen molar-refractivity contribution in [3.8, 4) is 5.75 Å². The first-order valence-electron chi connectivity index (χ1n) is 3.95. The van der Waals surface area contributed by atoms with E-state index in [9.17, 15) is 18.0 Å². The second-order valence-electron chi connectivity index (χ2n) is 2.98. The second-order valence-corrected chi connectivity index (χ2v) is 2.98.